The van der Waals surface area contributed by atoms with Gasteiger partial charge >= 0.3 is 0 Å². The molecule has 1 aromatic heterocycles. The molecular weight excluding hydrogens is 501 g/mol. The Kier molecular flexibility index (Phi) is 9.43. The van der Waals surface area contributed by atoms with Crippen LogP contribution in [0.3, 0.4) is 0 Å². The molecule has 8 heteroatoms. The molecule has 0 bridgehead atoms. The highest BCUT2D eigenvalue weighted by Gasteiger charge is 2.30. The quantitative estimate of drug-likeness (QED) is 0.358. The first-order valence-electron chi connectivity index (χ1n) is 12.3. The highest BCUT2D eigenvalue weighted by molar-refractivity contribution is 14.0. The zero-order valence-corrected chi connectivity index (χ0v) is 22.1. The fourth-order valence-corrected chi connectivity index (χ4v) is 5.60. The van der Waals surface area contributed by atoms with Gasteiger partial charge in [0.15, 0.2) is 11.8 Å². The number of nitrogens with zero attached hydrogens (tertiary/aromatic N) is 6. The van der Waals surface area contributed by atoms with Gasteiger partial charge < -0.3 is 14.8 Å². The van der Waals surface area contributed by atoms with Gasteiger partial charge in [-0.05, 0) is 50.4 Å². The standard InChI is InChI=1S/C23H41N7.HI/c1-18(2)19-8-10-20(11-9-19)28-13-15-29(16-14-28)23(24-3)25-17-22-27-26-21-7-5-4-6-12-30(21)22;/h18-20H,4-17H2,1-3H3,(H,24,25);1H. The van der Waals surface area contributed by atoms with Crippen LogP contribution >= 0.6 is 24.0 Å². The van der Waals surface area contributed by atoms with Gasteiger partial charge in [-0.2, -0.15) is 0 Å². The fourth-order valence-electron chi connectivity index (χ4n) is 5.60. The second-order valence-corrected chi connectivity index (χ2v) is 9.73. The van der Waals surface area contributed by atoms with Gasteiger partial charge in [-0.15, -0.1) is 34.2 Å². The third-order valence-corrected chi connectivity index (χ3v) is 7.62. The lowest BCUT2D eigenvalue weighted by atomic mass is 9.79. The predicted molar refractivity (Wildman–Crippen MR) is 137 cm³/mol. The van der Waals surface area contributed by atoms with E-state index in [1.54, 1.807) is 0 Å². The third kappa shape index (κ3) is 6.12. The molecule has 0 unspecified atom stereocenters. The number of aliphatic imine (C=N–C) groups is 1. The van der Waals surface area contributed by atoms with E-state index in [9.17, 15) is 0 Å². The zero-order chi connectivity index (χ0) is 20.9. The molecule has 31 heavy (non-hydrogen) atoms. The number of hydrogen-bond acceptors (Lipinski definition) is 4. The van der Waals surface area contributed by atoms with Crippen molar-refractivity contribution in [2.75, 3.05) is 33.2 Å². The summed E-state index contributed by atoms with van der Waals surface area (Å²) in [5.41, 5.74) is 0. The van der Waals surface area contributed by atoms with Gasteiger partial charge in [-0.1, -0.05) is 20.3 Å². The van der Waals surface area contributed by atoms with Crippen LogP contribution in [0.4, 0.5) is 0 Å². The van der Waals surface area contributed by atoms with Crippen LogP contribution in [0.2, 0.25) is 0 Å². The van der Waals surface area contributed by atoms with Crippen LogP contribution in [-0.4, -0.2) is 69.8 Å². The number of halogens is 1. The summed E-state index contributed by atoms with van der Waals surface area (Å²) in [5, 5.41) is 12.4. The summed E-state index contributed by atoms with van der Waals surface area (Å²) in [6.45, 7) is 11.0. The first-order chi connectivity index (χ1) is 14.7. The smallest absolute Gasteiger partial charge is 0.194 e. The van der Waals surface area contributed by atoms with Crippen LogP contribution in [0.25, 0.3) is 0 Å². The Morgan fingerprint density at radius 3 is 2.42 bits per heavy atom. The van der Waals surface area contributed by atoms with E-state index in [0.717, 1.165) is 74.6 Å². The second-order valence-electron chi connectivity index (χ2n) is 9.73. The number of hydrogen-bond donors (Lipinski definition) is 1. The fraction of sp³-hybridized carbons (Fsp3) is 0.870. The number of aryl methyl sites for hydroxylation is 1. The number of aromatic nitrogens is 3. The summed E-state index contributed by atoms with van der Waals surface area (Å²) in [7, 11) is 1.90. The summed E-state index contributed by atoms with van der Waals surface area (Å²) < 4.78 is 2.32. The topological polar surface area (TPSA) is 61.6 Å². The van der Waals surface area contributed by atoms with Crippen molar-refractivity contribution in [1.82, 2.24) is 29.9 Å². The molecule has 0 atom stereocenters. The lowest BCUT2D eigenvalue weighted by molar-refractivity contribution is 0.0864. The van der Waals surface area contributed by atoms with Crippen molar-refractivity contribution in [3.63, 3.8) is 0 Å². The molecule has 2 aliphatic heterocycles. The summed E-state index contributed by atoms with van der Waals surface area (Å²) in [5.74, 6) is 4.99. The van der Waals surface area contributed by atoms with Crippen LogP contribution in [-0.2, 0) is 19.5 Å². The van der Waals surface area contributed by atoms with Crippen LogP contribution in [0.5, 0.6) is 0 Å². The number of guanidine groups is 1. The van der Waals surface area contributed by atoms with Crippen molar-refractivity contribution in [3.05, 3.63) is 11.6 Å². The molecule has 7 nitrogen and oxygen atoms in total. The monoisotopic (exact) mass is 543 g/mol. The number of rotatable bonds is 4. The van der Waals surface area contributed by atoms with Crippen molar-refractivity contribution in [3.8, 4) is 0 Å². The van der Waals surface area contributed by atoms with Gasteiger partial charge in [0, 0.05) is 52.2 Å². The van der Waals surface area contributed by atoms with Gasteiger partial charge in [0.25, 0.3) is 0 Å². The molecule has 1 aromatic rings. The number of piperazine rings is 1. The lowest BCUT2D eigenvalue weighted by Gasteiger charge is -2.43. The first-order valence-corrected chi connectivity index (χ1v) is 12.3. The molecular formula is C23H42IN7. The molecule has 0 amide bonds. The number of nitrogens with one attached hydrogen (secondary N) is 1. The van der Waals surface area contributed by atoms with Crippen molar-refractivity contribution in [2.24, 2.45) is 16.8 Å². The summed E-state index contributed by atoms with van der Waals surface area (Å²) in [4.78, 5) is 9.71. The van der Waals surface area contributed by atoms with Gasteiger partial charge in [0.2, 0.25) is 0 Å². The Morgan fingerprint density at radius 2 is 1.74 bits per heavy atom. The molecule has 0 radical (unpaired) electrons. The zero-order valence-electron chi connectivity index (χ0n) is 19.7. The van der Waals surface area contributed by atoms with Crippen LogP contribution in [0.15, 0.2) is 4.99 Å². The molecule has 3 heterocycles. The molecule has 3 aliphatic rings. The second kappa shape index (κ2) is 11.8. The van der Waals surface area contributed by atoms with Crippen molar-refractivity contribution < 1.29 is 0 Å². The minimum Gasteiger partial charge on any atom is -0.349 e. The van der Waals surface area contributed by atoms with E-state index in [1.165, 1.54) is 44.9 Å². The Labute approximate surface area is 205 Å². The maximum atomic E-state index is 4.56. The van der Waals surface area contributed by atoms with E-state index in [2.05, 4.69) is 48.7 Å². The van der Waals surface area contributed by atoms with E-state index in [-0.39, 0.29) is 24.0 Å². The summed E-state index contributed by atoms with van der Waals surface area (Å²) in [6, 6.07) is 0.795. The normalized spacial score (nSPS) is 25.7. The van der Waals surface area contributed by atoms with E-state index in [4.69, 9.17) is 0 Å². The van der Waals surface area contributed by atoms with E-state index >= 15 is 0 Å². The molecule has 1 saturated carbocycles. The molecule has 1 N–H and O–H groups in total. The molecule has 176 valence electrons. The largest absolute Gasteiger partial charge is 0.349 e. The minimum atomic E-state index is 0. The highest BCUT2D eigenvalue weighted by atomic mass is 127. The first kappa shape index (κ1) is 24.7. The van der Waals surface area contributed by atoms with Crippen molar-refractivity contribution in [1.29, 1.82) is 0 Å². The van der Waals surface area contributed by atoms with E-state index < -0.39 is 0 Å². The average Bonchev–Trinajstić information content (AvgIpc) is 3.00. The average molecular weight is 544 g/mol. The van der Waals surface area contributed by atoms with Crippen molar-refractivity contribution >= 4 is 29.9 Å². The third-order valence-electron chi connectivity index (χ3n) is 7.62. The molecule has 1 saturated heterocycles. The van der Waals surface area contributed by atoms with Crippen LogP contribution in [0, 0.1) is 11.8 Å². The molecule has 1 aliphatic carbocycles. The maximum Gasteiger partial charge on any atom is 0.194 e. The Morgan fingerprint density at radius 1 is 1.00 bits per heavy atom. The molecule has 2 fully saturated rings. The van der Waals surface area contributed by atoms with Gasteiger partial charge in [0.05, 0.1) is 6.54 Å². The summed E-state index contributed by atoms with van der Waals surface area (Å²) in [6.07, 6.45) is 10.4. The maximum absolute atomic E-state index is 4.56. The van der Waals surface area contributed by atoms with Gasteiger partial charge in [-0.25, -0.2) is 0 Å². The van der Waals surface area contributed by atoms with Crippen LogP contribution in [0.1, 0.15) is 70.4 Å². The lowest BCUT2D eigenvalue weighted by Crippen LogP contribution is -2.55. The molecule has 4 rings (SSSR count). The Balaban J connectivity index is 0.00000272. The Hall–Kier alpha value is -0.900. The van der Waals surface area contributed by atoms with Crippen molar-refractivity contribution in [2.45, 2.75) is 84.3 Å². The Bertz CT molecular complexity index is 701. The summed E-state index contributed by atoms with van der Waals surface area (Å²) >= 11 is 0. The van der Waals surface area contributed by atoms with Gasteiger partial charge in [-0.3, -0.25) is 9.89 Å². The van der Waals surface area contributed by atoms with Gasteiger partial charge in [0.1, 0.15) is 5.82 Å². The minimum absolute atomic E-state index is 0. The molecule has 0 spiro atoms. The number of fused-ring (bicyclic) bond motifs is 1. The predicted octanol–water partition coefficient (Wildman–Crippen LogP) is 3.53. The highest BCUT2D eigenvalue weighted by Crippen LogP contribution is 2.32. The SMILES string of the molecule is CN=C(NCc1nnc2n1CCCCC2)N1CCN(C2CCC(C(C)C)CC2)CC1.I. The van der Waals surface area contributed by atoms with Crippen LogP contribution < -0.4 is 5.32 Å². The molecule has 0 aromatic carbocycles. The van der Waals surface area contributed by atoms with E-state index in [0.29, 0.717) is 6.54 Å². The van der Waals surface area contributed by atoms with E-state index in [1.807, 2.05) is 7.05 Å².